The second-order valence-corrected chi connectivity index (χ2v) is 4.16. The lowest BCUT2D eigenvalue weighted by Crippen LogP contribution is -2.15. The number of ether oxygens (including phenoxy) is 4. The van der Waals surface area contributed by atoms with Gasteiger partial charge >= 0.3 is 35.8 Å². The van der Waals surface area contributed by atoms with Crippen LogP contribution in [0.15, 0.2) is 37.5 Å². The lowest BCUT2D eigenvalue weighted by atomic mass is 10.4. The molecule has 0 spiro atoms. The first kappa shape index (κ1) is 22.4. The molecule has 0 aromatic heterocycles. The van der Waals surface area contributed by atoms with E-state index in [2.05, 4.69) is 32.1 Å². The Morgan fingerprint density at radius 3 is 1.27 bits per heavy atom. The van der Waals surface area contributed by atoms with Crippen LogP contribution in [0.1, 0.15) is 12.8 Å². The van der Waals surface area contributed by atoms with Gasteiger partial charge in [-0.1, -0.05) is 13.2 Å². The summed E-state index contributed by atoms with van der Waals surface area (Å²) >= 11 is 0. The Labute approximate surface area is 148 Å². The van der Waals surface area contributed by atoms with Gasteiger partial charge in [0.25, 0.3) is 0 Å². The Kier molecular flexibility index (Phi) is 11.1. The highest BCUT2D eigenvalue weighted by Crippen LogP contribution is 1.94. The van der Waals surface area contributed by atoms with Crippen molar-refractivity contribution >= 4 is 35.8 Å². The first-order valence-corrected chi connectivity index (χ1v) is 7.04. The summed E-state index contributed by atoms with van der Waals surface area (Å²) in [5.41, 5.74) is 0. The molecule has 0 N–H and O–H groups in total. The summed E-state index contributed by atoms with van der Waals surface area (Å²) < 4.78 is 17.6. The predicted molar refractivity (Wildman–Crippen MR) is 82.9 cm³/mol. The van der Waals surface area contributed by atoms with Gasteiger partial charge in [0, 0.05) is 24.3 Å². The zero-order valence-corrected chi connectivity index (χ0v) is 13.6. The molecular formula is C16H16O10. The van der Waals surface area contributed by atoms with Crippen LogP contribution in [-0.4, -0.2) is 49.0 Å². The Morgan fingerprint density at radius 2 is 0.962 bits per heavy atom. The van der Waals surface area contributed by atoms with E-state index in [1.807, 2.05) is 0 Å². The summed E-state index contributed by atoms with van der Waals surface area (Å²) in [6.07, 6.45) is 2.17. The summed E-state index contributed by atoms with van der Waals surface area (Å²) in [5.74, 6) is -5.84. The Balaban J connectivity index is 4.08. The molecule has 0 amide bonds. The van der Waals surface area contributed by atoms with Crippen LogP contribution >= 0.6 is 0 Å². The molecule has 0 rings (SSSR count). The first-order chi connectivity index (χ1) is 12.3. The van der Waals surface area contributed by atoms with Crippen molar-refractivity contribution in [2.75, 3.05) is 13.2 Å². The fourth-order valence-corrected chi connectivity index (χ4v) is 1.12. The van der Waals surface area contributed by atoms with Crippen molar-refractivity contribution in [1.82, 2.24) is 0 Å². The van der Waals surface area contributed by atoms with Gasteiger partial charge in [-0.05, 0) is 0 Å². The maximum atomic E-state index is 11.3. The zero-order chi connectivity index (χ0) is 19.9. The summed E-state index contributed by atoms with van der Waals surface area (Å²) in [6, 6.07) is 0. The lowest BCUT2D eigenvalue weighted by Gasteiger charge is -2.02. The molecule has 10 nitrogen and oxygen atoms in total. The van der Waals surface area contributed by atoms with Gasteiger partial charge in [-0.15, -0.1) is 0 Å². The standard InChI is InChI=1S/C16H16O10/c1-3-11(17)23-9-7-15(21)25-13(19)5-6-14(20)26-16(22)8-10-24-12(18)4-2/h3-6H,1-2,7-10H2/b6-5-. The highest BCUT2D eigenvalue weighted by atomic mass is 16.6. The predicted octanol–water partition coefficient (Wildman–Crippen LogP) is -0.0792. The minimum Gasteiger partial charge on any atom is -0.462 e. The van der Waals surface area contributed by atoms with Gasteiger partial charge in [0.2, 0.25) is 0 Å². The van der Waals surface area contributed by atoms with E-state index in [0.29, 0.717) is 12.2 Å². The summed E-state index contributed by atoms with van der Waals surface area (Å²) in [4.78, 5) is 66.4. The van der Waals surface area contributed by atoms with Gasteiger partial charge < -0.3 is 18.9 Å². The van der Waals surface area contributed by atoms with Crippen molar-refractivity contribution in [2.24, 2.45) is 0 Å². The van der Waals surface area contributed by atoms with Crippen molar-refractivity contribution in [3.05, 3.63) is 37.5 Å². The van der Waals surface area contributed by atoms with E-state index in [0.717, 1.165) is 12.2 Å². The summed E-state index contributed by atoms with van der Waals surface area (Å²) in [7, 11) is 0. The summed E-state index contributed by atoms with van der Waals surface area (Å²) in [6.45, 7) is 5.67. The Bertz CT molecular complexity index is 575. The van der Waals surface area contributed by atoms with Crippen LogP contribution < -0.4 is 0 Å². The molecule has 0 aliphatic heterocycles. The number of carbonyl (C=O) groups is 6. The highest BCUT2D eigenvalue weighted by molar-refractivity contribution is 5.99. The molecular weight excluding hydrogens is 352 g/mol. The van der Waals surface area contributed by atoms with Gasteiger partial charge in [0.1, 0.15) is 13.2 Å². The molecule has 0 atom stereocenters. The monoisotopic (exact) mass is 368 g/mol. The molecule has 0 bridgehead atoms. The lowest BCUT2D eigenvalue weighted by molar-refractivity contribution is -0.160. The number of rotatable bonds is 10. The molecule has 0 heterocycles. The van der Waals surface area contributed by atoms with E-state index in [1.165, 1.54) is 0 Å². The molecule has 0 aromatic carbocycles. The molecule has 0 aliphatic carbocycles. The molecule has 0 fully saturated rings. The number of carbonyl (C=O) groups excluding carboxylic acids is 6. The molecule has 0 aliphatic rings. The van der Waals surface area contributed by atoms with E-state index in [-0.39, 0.29) is 26.1 Å². The Hall–Kier alpha value is -3.56. The number of hydrogen-bond donors (Lipinski definition) is 0. The molecule has 0 unspecified atom stereocenters. The molecule has 0 aromatic rings. The minimum atomic E-state index is -1.19. The van der Waals surface area contributed by atoms with E-state index in [4.69, 9.17) is 0 Å². The fourth-order valence-electron chi connectivity index (χ4n) is 1.12. The van der Waals surface area contributed by atoms with Crippen LogP contribution in [0.3, 0.4) is 0 Å². The third-order valence-corrected chi connectivity index (χ3v) is 2.22. The largest absolute Gasteiger partial charge is 0.462 e. The minimum absolute atomic E-state index is 0.312. The maximum absolute atomic E-state index is 11.3. The topological polar surface area (TPSA) is 139 Å². The fraction of sp³-hybridized carbons (Fsp3) is 0.250. The second kappa shape index (κ2) is 12.8. The first-order valence-electron chi connectivity index (χ1n) is 7.04. The van der Waals surface area contributed by atoms with Gasteiger partial charge in [0.05, 0.1) is 12.8 Å². The molecule has 140 valence electrons. The van der Waals surface area contributed by atoms with Crippen LogP contribution in [0.25, 0.3) is 0 Å². The normalized spacial score (nSPS) is 9.69. The van der Waals surface area contributed by atoms with Crippen molar-refractivity contribution in [3.8, 4) is 0 Å². The zero-order valence-electron chi connectivity index (χ0n) is 13.6. The number of esters is 6. The van der Waals surface area contributed by atoms with Gasteiger partial charge in [0.15, 0.2) is 0 Å². The van der Waals surface area contributed by atoms with Crippen LogP contribution in [0.5, 0.6) is 0 Å². The molecule has 26 heavy (non-hydrogen) atoms. The third-order valence-electron chi connectivity index (χ3n) is 2.22. The SMILES string of the molecule is C=CC(=O)OCCC(=O)OC(=O)/C=C\C(=O)OC(=O)CCOC(=O)C=C. The van der Waals surface area contributed by atoms with Gasteiger partial charge in [-0.25, -0.2) is 19.2 Å². The van der Waals surface area contributed by atoms with Crippen LogP contribution in [0.2, 0.25) is 0 Å². The molecule has 0 radical (unpaired) electrons. The smallest absolute Gasteiger partial charge is 0.338 e. The summed E-state index contributed by atoms with van der Waals surface area (Å²) in [5, 5.41) is 0. The second-order valence-electron chi connectivity index (χ2n) is 4.16. The van der Waals surface area contributed by atoms with Crippen molar-refractivity contribution in [1.29, 1.82) is 0 Å². The molecule has 10 heteroatoms. The van der Waals surface area contributed by atoms with Crippen LogP contribution in [-0.2, 0) is 47.7 Å². The van der Waals surface area contributed by atoms with Crippen molar-refractivity contribution in [3.63, 3.8) is 0 Å². The van der Waals surface area contributed by atoms with Crippen LogP contribution in [0, 0.1) is 0 Å². The van der Waals surface area contributed by atoms with Gasteiger partial charge in [-0.2, -0.15) is 0 Å². The van der Waals surface area contributed by atoms with Crippen molar-refractivity contribution < 1.29 is 47.7 Å². The van der Waals surface area contributed by atoms with E-state index >= 15 is 0 Å². The quantitative estimate of drug-likeness (QED) is 0.222. The Morgan fingerprint density at radius 1 is 0.615 bits per heavy atom. The van der Waals surface area contributed by atoms with E-state index in [9.17, 15) is 28.8 Å². The number of hydrogen-bond acceptors (Lipinski definition) is 10. The van der Waals surface area contributed by atoms with E-state index < -0.39 is 35.8 Å². The molecule has 0 saturated heterocycles. The van der Waals surface area contributed by atoms with Crippen LogP contribution in [0.4, 0.5) is 0 Å². The average Bonchev–Trinajstić information content (AvgIpc) is 2.59. The third kappa shape index (κ3) is 11.9. The average molecular weight is 368 g/mol. The maximum Gasteiger partial charge on any atom is 0.338 e. The van der Waals surface area contributed by atoms with E-state index in [1.54, 1.807) is 0 Å². The van der Waals surface area contributed by atoms with Gasteiger partial charge in [-0.3, -0.25) is 9.59 Å². The molecule has 0 saturated carbocycles. The van der Waals surface area contributed by atoms with Crippen molar-refractivity contribution in [2.45, 2.75) is 12.8 Å². The highest BCUT2D eigenvalue weighted by Gasteiger charge is 2.12.